The van der Waals surface area contributed by atoms with Gasteiger partial charge in [-0.2, -0.15) is 0 Å². The number of carbonyl (C=O) groups excluding carboxylic acids is 1. The van der Waals surface area contributed by atoms with Crippen LogP contribution in [0.5, 0.6) is 0 Å². The topological polar surface area (TPSA) is 68.9 Å². The Labute approximate surface area is 82.6 Å². The van der Waals surface area contributed by atoms with Crippen LogP contribution in [0.2, 0.25) is 0 Å². The highest BCUT2D eigenvalue weighted by molar-refractivity contribution is 5.79. The third-order valence-electron chi connectivity index (χ3n) is 2.65. The summed E-state index contributed by atoms with van der Waals surface area (Å²) in [6, 6.07) is 0. The first kappa shape index (κ1) is 9.12. The number of hydrogen-bond donors (Lipinski definition) is 1. The number of rotatable bonds is 1. The van der Waals surface area contributed by atoms with Gasteiger partial charge in [0.1, 0.15) is 11.6 Å². The van der Waals surface area contributed by atoms with E-state index >= 15 is 0 Å². The summed E-state index contributed by atoms with van der Waals surface area (Å²) >= 11 is 0. The van der Waals surface area contributed by atoms with Crippen molar-refractivity contribution < 1.29 is 4.79 Å². The fourth-order valence-electron chi connectivity index (χ4n) is 1.79. The van der Waals surface area contributed by atoms with Gasteiger partial charge < -0.3 is 5.73 Å². The maximum atomic E-state index is 11.0. The molecule has 1 saturated carbocycles. The zero-order valence-electron chi connectivity index (χ0n) is 7.94. The predicted molar refractivity (Wildman–Crippen MR) is 52.7 cm³/mol. The van der Waals surface area contributed by atoms with E-state index in [1.807, 2.05) is 0 Å². The molecule has 0 aliphatic heterocycles. The second-order valence-corrected chi connectivity index (χ2v) is 3.68. The summed E-state index contributed by atoms with van der Waals surface area (Å²) in [6.45, 7) is 0. The van der Waals surface area contributed by atoms with Gasteiger partial charge in [-0.05, 0) is 12.8 Å². The van der Waals surface area contributed by atoms with E-state index in [9.17, 15) is 4.79 Å². The van der Waals surface area contributed by atoms with Gasteiger partial charge in [-0.15, -0.1) is 0 Å². The molecule has 0 radical (unpaired) electrons. The van der Waals surface area contributed by atoms with Crippen molar-refractivity contribution in [3.05, 3.63) is 18.1 Å². The fourth-order valence-corrected chi connectivity index (χ4v) is 1.79. The highest BCUT2D eigenvalue weighted by atomic mass is 16.1. The van der Waals surface area contributed by atoms with Gasteiger partial charge in [-0.25, -0.2) is 4.98 Å². The summed E-state index contributed by atoms with van der Waals surface area (Å²) in [7, 11) is 0. The van der Waals surface area contributed by atoms with E-state index in [0.717, 1.165) is 18.5 Å². The van der Waals surface area contributed by atoms with Crippen LogP contribution in [0.25, 0.3) is 0 Å². The lowest BCUT2D eigenvalue weighted by Gasteiger charge is -2.19. The number of nitrogen functional groups attached to an aromatic ring is 1. The van der Waals surface area contributed by atoms with Crippen molar-refractivity contribution in [2.24, 2.45) is 0 Å². The van der Waals surface area contributed by atoms with Crippen LogP contribution in [-0.4, -0.2) is 15.8 Å². The fraction of sp³-hybridized carbons (Fsp3) is 0.500. The summed E-state index contributed by atoms with van der Waals surface area (Å²) in [5.74, 6) is 1.20. The average molecular weight is 191 g/mol. The van der Waals surface area contributed by atoms with Crippen LogP contribution in [0, 0.1) is 0 Å². The molecule has 1 aliphatic carbocycles. The van der Waals surface area contributed by atoms with Gasteiger partial charge in [0.2, 0.25) is 0 Å². The van der Waals surface area contributed by atoms with Crippen LogP contribution in [0.15, 0.2) is 12.4 Å². The first-order chi connectivity index (χ1) is 6.75. The first-order valence-electron chi connectivity index (χ1n) is 4.85. The van der Waals surface area contributed by atoms with Crippen molar-refractivity contribution >= 4 is 11.6 Å². The van der Waals surface area contributed by atoms with Gasteiger partial charge >= 0.3 is 0 Å². The summed E-state index contributed by atoms with van der Waals surface area (Å²) in [4.78, 5) is 19.3. The number of carbonyl (C=O) groups is 1. The van der Waals surface area contributed by atoms with Gasteiger partial charge in [-0.1, -0.05) is 0 Å². The van der Waals surface area contributed by atoms with E-state index in [1.165, 1.54) is 0 Å². The highest BCUT2D eigenvalue weighted by Gasteiger charge is 2.21. The highest BCUT2D eigenvalue weighted by Crippen LogP contribution is 2.29. The molecule has 0 bridgehead atoms. The Bertz CT molecular complexity index is 324. The molecule has 1 aromatic rings. The van der Waals surface area contributed by atoms with E-state index in [2.05, 4.69) is 9.97 Å². The molecule has 2 N–H and O–H groups in total. The Morgan fingerprint density at radius 3 is 2.50 bits per heavy atom. The van der Waals surface area contributed by atoms with Crippen molar-refractivity contribution in [1.82, 2.24) is 9.97 Å². The molecule has 0 atom stereocenters. The Morgan fingerprint density at radius 1 is 1.21 bits per heavy atom. The molecule has 0 amide bonds. The van der Waals surface area contributed by atoms with Crippen LogP contribution in [0.3, 0.4) is 0 Å². The summed E-state index contributed by atoms with van der Waals surface area (Å²) in [5, 5.41) is 0. The second kappa shape index (κ2) is 3.74. The van der Waals surface area contributed by atoms with Crippen LogP contribution in [0.1, 0.15) is 37.3 Å². The van der Waals surface area contributed by atoms with Crippen LogP contribution in [-0.2, 0) is 4.79 Å². The molecule has 74 valence electrons. The second-order valence-electron chi connectivity index (χ2n) is 3.68. The first-order valence-corrected chi connectivity index (χ1v) is 4.85. The minimum Gasteiger partial charge on any atom is -0.382 e. The molecule has 4 heteroatoms. The van der Waals surface area contributed by atoms with Gasteiger partial charge in [0.15, 0.2) is 0 Å². The molecule has 1 aromatic heterocycles. The van der Waals surface area contributed by atoms with E-state index in [4.69, 9.17) is 5.73 Å². The molecule has 4 nitrogen and oxygen atoms in total. The lowest BCUT2D eigenvalue weighted by molar-refractivity contribution is -0.120. The molecule has 0 saturated heterocycles. The molecule has 0 spiro atoms. The molecule has 1 fully saturated rings. The molecular formula is C10H13N3O. The van der Waals surface area contributed by atoms with E-state index in [0.29, 0.717) is 30.4 Å². The normalized spacial score (nSPS) is 18.4. The van der Waals surface area contributed by atoms with E-state index < -0.39 is 0 Å². The molecule has 2 rings (SSSR count). The largest absolute Gasteiger partial charge is 0.382 e. The number of anilines is 1. The number of ketones is 1. The lowest BCUT2D eigenvalue weighted by atomic mass is 9.86. The lowest BCUT2D eigenvalue weighted by Crippen LogP contribution is -2.13. The number of hydrogen-bond acceptors (Lipinski definition) is 4. The molecule has 1 heterocycles. The quantitative estimate of drug-likeness (QED) is 0.726. The number of nitrogens with two attached hydrogens (primary N) is 1. The molecule has 0 unspecified atom stereocenters. The summed E-state index contributed by atoms with van der Waals surface area (Å²) < 4.78 is 0. The Morgan fingerprint density at radius 2 is 1.93 bits per heavy atom. The minimum absolute atomic E-state index is 0.365. The van der Waals surface area contributed by atoms with Crippen molar-refractivity contribution in [3.8, 4) is 0 Å². The van der Waals surface area contributed by atoms with Gasteiger partial charge in [-0.3, -0.25) is 9.78 Å². The predicted octanol–water partition coefficient (Wildman–Crippen LogP) is 1.29. The molecule has 1 aliphatic rings. The summed E-state index contributed by atoms with van der Waals surface area (Å²) in [6.07, 6.45) is 6.45. The Hall–Kier alpha value is -1.45. The van der Waals surface area contributed by atoms with Crippen molar-refractivity contribution in [2.75, 3.05) is 5.73 Å². The summed E-state index contributed by atoms with van der Waals surface area (Å²) in [5.41, 5.74) is 6.42. The third-order valence-corrected chi connectivity index (χ3v) is 2.65. The Balaban J connectivity index is 2.08. The van der Waals surface area contributed by atoms with E-state index in [-0.39, 0.29) is 0 Å². The van der Waals surface area contributed by atoms with Gasteiger partial charge in [0.25, 0.3) is 0 Å². The minimum atomic E-state index is 0.365. The van der Waals surface area contributed by atoms with Crippen LogP contribution >= 0.6 is 0 Å². The zero-order chi connectivity index (χ0) is 9.97. The van der Waals surface area contributed by atoms with Gasteiger partial charge in [0, 0.05) is 18.8 Å². The van der Waals surface area contributed by atoms with Crippen LogP contribution < -0.4 is 5.73 Å². The average Bonchev–Trinajstić information content (AvgIpc) is 2.21. The zero-order valence-corrected chi connectivity index (χ0v) is 7.94. The van der Waals surface area contributed by atoms with Gasteiger partial charge in [0.05, 0.1) is 18.1 Å². The SMILES string of the molecule is Nc1cnc(C2CCC(=O)CC2)cn1. The number of aromatic nitrogens is 2. The number of nitrogens with zero attached hydrogens (tertiary/aromatic N) is 2. The smallest absolute Gasteiger partial charge is 0.141 e. The molecule has 0 aromatic carbocycles. The standard InChI is InChI=1S/C10H13N3O/c11-10-6-12-9(5-13-10)7-1-3-8(14)4-2-7/h5-7H,1-4H2,(H2,11,13). The Kier molecular flexibility index (Phi) is 2.43. The molecular weight excluding hydrogens is 178 g/mol. The van der Waals surface area contributed by atoms with E-state index in [1.54, 1.807) is 12.4 Å². The molecule has 14 heavy (non-hydrogen) atoms. The van der Waals surface area contributed by atoms with Crippen molar-refractivity contribution in [2.45, 2.75) is 31.6 Å². The maximum Gasteiger partial charge on any atom is 0.141 e. The van der Waals surface area contributed by atoms with Crippen LogP contribution in [0.4, 0.5) is 5.82 Å². The monoisotopic (exact) mass is 191 g/mol. The van der Waals surface area contributed by atoms with Crippen molar-refractivity contribution in [3.63, 3.8) is 0 Å². The maximum absolute atomic E-state index is 11.0. The number of Topliss-reactive ketones (excluding diaryl/α,β-unsaturated/α-hetero) is 1. The van der Waals surface area contributed by atoms with Crippen molar-refractivity contribution in [1.29, 1.82) is 0 Å². The third kappa shape index (κ3) is 1.89.